The van der Waals surface area contributed by atoms with Gasteiger partial charge in [0.15, 0.2) is 0 Å². The van der Waals surface area contributed by atoms with Crippen LogP contribution in [0.2, 0.25) is 0 Å². The number of alkyl halides is 1. The van der Waals surface area contributed by atoms with Crippen LogP contribution in [0.5, 0.6) is 0 Å². The zero-order valence-corrected chi connectivity index (χ0v) is 10.7. The molecule has 0 radical (unpaired) electrons. The van der Waals surface area contributed by atoms with E-state index in [9.17, 15) is 0 Å². The van der Waals surface area contributed by atoms with Gasteiger partial charge in [-0.1, -0.05) is 15.9 Å². The Kier molecular flexibility index (Phi) is 3.62. The largest absolute Gasteiger partial charge is 0.353 e. The van der Waals surface area contributed by atoms with Crippen LogP contribution in [-0.4, -0.2) is 22.9 Å². The van der Waals surface area contributed by atoms with Crippen molar-refractivity contribution in [3.05, 3.63) is 23.9 Å². The van der Waals surface area contributed by atoms with E-state index < -0.39 is 0 Å². The van der Waals surface area contributed by atoms with Gasteiger partial charge in [-0.25, -0.2) is 4.98 Å². The van der Waals surface area contributed by atoms with Crippen LogP contribution in [0.3, 0.4) is 0 Å². The number of rotatable bonds is 4. The molecule has 0 aromatic carbocycles. The molecule has 0 unspecified atom stereocenters. The fourth-order valence-corrected chi connectivity index (χ4v) is 2.33. The standard InChI is InChI=1S/C12H17BrN2/c1-10-5-7-14-12(9-10)15(8-6-13)11-3-2-4-11/h5,7,9,11H,2-4,6,8H2,1H3. The van der Waals surface area contributed by atoms with Crippen molar-refractivity contribution in [3.8, 4) is 0 Å². The number of nitrogens with zero attached hydrogens (tertiary/aromatic N) is 2. The molecule has 0 amide bonds. The zero-order chi connectivity index (χ0) is 10.7. The molecule has 0 atom stereocenters. The van der Waals surface area contributed by atoms with Gasteiger partial charge in [0.2, 0.25) is 0 Å². The second kappa shape index (κ2) is 4.97. The van der Waals surface area contributed by atoms with Gasteiger partial charge >= 0.3 is 0 Å². The predicted molar refractivity (Wildman–Crippen MR) is 67.8 cm³/mol. The van der Waals surface area contributed by atoms with Crippen molar-refractivity contribution < 1.29 is 0 Å². The normalized spacial score (nSPS) is 16.1. The summed E-state index contributed by atoms with van der Waals surface area (Å²) in [6.07, 6.45) is 5.92. The van der Waals surface area contributed by atoms with Crippen molar-refractivity contribution in [2.75, 3.05) is 16.8 Å². The number of anilines is 1. The van der Waals surface area contributed by atoms with Crippen LogP contribution >= 0.6 is 15.9 Å². The fourth-order valence-electron chi connectivity index (χ4n) is 1.95. The Hall–Kier alpha value is -0.570. The average Bonchev–Trinajstić information content (AvgIpc) is 2.14. The summed E-state index contributed by atoms with van der Waals surface area (Å²) in [6.45, 7) is 3.18. The third-order valence-electron chi connectivity index (χ3n) is 3.04. The second-order valence-corrected chi connectivity index (χ2v) is 4.95. The Balaban J connectivity index is 2.15. The summed E-state index contributed by atoms with van der Waals surface area (Å²) in [5.41, 5.74) is 1.29. The first kappa shape index (κ1) is 10.9. The molecule has 1 aliphatic rings. The van der Waals surface area contributed by atoms with Gasteiger partial charge in [0.05, 0.1) is 0 Å². The fraction of sp³-hybridized carbons (Fsp3) is 0.583. The zero-order valence-electron chi connectivity index (χ0n) is 9.12. The van der Waals surface area contributed by atoms with E-state index in [0.717, 1.165) is 23.7 Å². The van der Waals surface area contributed by atoms with Crippen LogP contribution in [0.1, 0.15) is 24.8 Å². The van der Waals surface area contributed by atoms with Gasteiger partial charge in [-0.15, -0.1) is 0 Å². The SMILES string of the molecule is Cc1ccnc(N(CCBr)C2CCC2)c1. The van der Waals surface area contributed by atoms with Crippen molar-refractivity contribution >= 4 is 21.7 Å². The first-order valence-electron chi connectivity index (χ1n) is 5.56. The minimum absolute atomic E-state index is 0.719. The highest BCUT2D eigenvalue weighted by Gasteiger charge is 2.25. The lowest BCUT2D eigenvalue weighted by molar-refractivity contribution is 0.389. The minimum atomic E-state index is 0.719. The number of pyridine rings is 1. The summed E-state index contributed by atoms with van der Waals surface area (Å²) in [5.74, 6) is 1.14. The highest BCUT2D eigenvalue weighted by molar-refractivity contribution is 9.09. The van der Waals surface area contributed by atoms with Crippen molar-refractivity contribution in [2.45, 2.75) is 32.2 Å². The van der Waals surface area contributed by atoms with E-state index >= 15 is 0 Å². The Bertz CT molecular complexity index is 323. The molecule has 1 saturated carbocycles. The molecule has 2 nitrogen and oxygen atoms in total. The Morgan fingerprint density at radius 3 is 2.87 bits per heavy atom. The highest BCUT2D eigenvalue weighted by Crippen LogP contribution is 2.28. The van der Waals surface area contributed by atoms with Crippen molar-refractivity contribution in [3.63, 3.8) is 0 Å². The van der Waals surface area contributed by atoms with E-state index in [-0.39, 0.29) is 0 Å². The van der Waals surface area contributed by atoms with Gasteiger partial charge in [-0.3, -0.25) is 0 Å². The Labute approximate surface area is 99.8 Å². The molecule has 0 spiro atoms. The lowest BCUT2D eigenvalue weighted by atomic mass is 9.91. The minimum Gasteiger partial charge on any atom is -0.353 e. The van der Waals surface area contributed by atoms with Gasteiger partial charge < -0.3 is 4.90 Å². The van der Waals surface area contributed by atoms with Crippen LogP contribution in [0, 0.1) is 6.92 Å². The molecular weight excluding hydrogens is 252 g/mol. The molecule has 0 bridgehead atoms. The lowest BCUT2D eigenvalue weighted by Gasteiger charge is -2.38. The van der Waals surface area contributed by atoms with Gasteiger partial charge in [-0.2, -0.15) is 0 Å². The molecule has 1 aromatic rings. The summed E-state index contributed by atoms with van der Waals surface area (Å²) < 4.78 is 0. The molecule has 0 N–H and O–H groups in total. The third-order valence-corrected chi connectivity index (χ3v) is 3.39. The molecule has 1 heterocycles. The molecule has 1 fully saturated rings. The summed E-state index contributed by atoms with van der Waals surface area (Å²) >= 11 is 3.52. The highest BCUT2D eigenvalue weighted by atomic mass is 79.9. The molecular formula is C12H17BrN2. The monoisotopic (exact) mass is 268 g/mol. The summed E-state index contributed by atoms with van der Waals surface area (Å²) in [7, 11) is 0. The Morgan fingerprint density at radius 2 is 2.33 bits per heavy atom. The smallest absolute Gasteiger partial charge is 0.129 e. The van der Waals surface area contributed by atoms with E-state index in [2.05, 4.69) is 44.9 Å². The summed E-state index contributed by atoms with van der Waals surface area (Å²) in [4.78, 5) is 6.90. The maximum absolute atomic E-state index is 4.47. The molecule has 1 aliphatic carbocycles. The van der Waals surface area contributed by atoms with Crippen LogP contribution in [0.4, 0.5) is 5.82 Å². The third kappa shape index (κ3) is 2.51. The Morgan fingerprint density at radius 1 is 1.53 bits per heavy atom. The molecule has 3 heteroatoms. The van der Waals surface area contributed by atoms with Gasteiger partial charge in [0, 0.05) is 24.1 Å². The van der Waals surface area contributed by atoms with E-state index in [1.54, 1.807) is 0 Å². The van der Waals surface area contributed by atoms with E-state index in [0.29, 0.717) is 0 Å². The second-order valence-electron chi connectivity index (χ2n) is 4.16. The molecule has 82 valence electrons. The van der Waals surface area contributed by atoms with Crippen LogP contribution < -0.4 is 4.90 Å². The number of hydrogen-bond acceptors (Lipinski definition) is 2. The number of aromatic nitrogens is 1. The maximum Gasteiger partial charge on any atom is 0.129 e. The van der Waals surface area contributed by atoms with Crippen molar-refractivity contribution in [1.29, 1.82) is 0 Å². The average molecular weight is 269 g/mol. The van der Waals surface area contributed by atoms with Crippen molar-refractivity contribution in [1.82, 2.24) is 4.98 Å². The first-order valence-corrected chi connectivity index (χ1v) is 6.68. The maximum atomic E-state index is 4.47. The number of aryl methyl sites for hydroxylation is 1. The number of halogens is 1. The first-order chi connectivity index (χ1) is 7.31. The number of hydrogen-bond donors (Lipinski definition) is 0. The van der Waals surface area contributed by atoms with Gasteiger partial charge in [-0.05, 0) is 43.9 Å². The summed E-state index contributed by atoms with van der Waals surface area (Å²) in [5, 5.41) is 1.01. The van der Waals surface area contributed by atoms with Crippen molar-refractivity contribution in [2.24, 2.45) is 0 Å². The predicted octanol–water partition coefficient (Wildman–Crippen LogP) is 3.14. The van der Waals surface area contributed by atoms with E-state index in [1.165, 1.54) is 24.8 Å². The molecule has 0 aliphatic heterocycles. The molecule has 1 aromatic heterocycles. The van der Waals surface area contributed by atoms with Gasteiger partial charge in [0.1, 0.15) is 5.82 Å². The van der Waals surface area contributed by atoms with Crippen LogP contribution in [-0.2, 0) is 0 Å². The summed E-state index contributed by atoms with van der Waals surface area (Å²) in [6, 6.07) is 4.95. The van der Waals surface area contributed by atoms with E-state index in [4.69, 9.17) is 0 Å². The molecule has 15 heavy (non-hydrogen) atoms. The molecule has 2 rings (SSSR count). The van der Waals surface area contributed by atoms with E-state index in [1.807, 2.05) is 6.20 Å². The lowest BCUT2D eigenvalue weighted by Crippen LogP contribution is -2.41. The molecule has 0 saturated heterocycles. The quantitative estimate of drug-likeness (QED) is 0.781. The van der Waals surface area contributed by atoms with Crippen LogP contribution in [0.15, 0.2) is 18.3 Å². The van der Waals surface area contributed by atoms with Gasteiger partial charge in [0.25, 0.3) is 0 Å². The van der Waals surface area contributed by atoms with Crippen LogP contribution in [0.25, 0.3) is 0 Å². The topological polar surface area (TPSA) is 16.1 Å².